The van der Waals surface area contributed by atoms with Crippen LogP contribution in [0.3, 0.4) is 0 Å². The van der Waals surface area contributed by atoms with Gasteiger partial charge in [-0.05, 0) is 46.5 Å². The molecular weight excluding hydrogens is 324 g/mol. The van der Waals surface area contributed by atoms with Gasteiger partial charge in [-0.1, -0.05) is 19.3 Å². The summed E-state index contributed by atoms with van der Waals surface area (Å²) in [5.41, 5.74) is 0.587. The third-order valence-corrected chi connectivity index (χ3v) is 4.21. The fourth-order valence-electron chi connectivity index (χ4n) is 2.11. The number of benzene rings is 1. The summed E-state index contributed by atoms with van der Waals surface area (Å²) in [6.07, 6.45) is 4.83. The predicted octanol–water partition coefficient (Wildman–Crippen LogP) is 3.46. The molecule has 0 bridgehead atoms. The van der Waals surface area contributed by atoms with E-state index in [1.54, 1.807) is 12.1 Å². The van der Waals surface area contributed by atoms with E-state index in [9.17, 15) is 9.59 Å². The average Bonchev–Trinajstić information content (AvgIpc) is 2.34. The highest BCUT2D eigenvalue weighted by Gasteiger charge is 2.17. The zero-order valence-corrected chi connectivity index (χ0v) is 12.6. The summed E-state index contributed by atoms with van der Waals surface area (Å²) in [6, 6.07) is 4.39. The van der Waals surface area contributed by atoms with Crippen molar-refractivity contribution in [2.45, 2.75) is 25.7 Å². The average molecular weight is 341 g/mol. The van der Waals surface area contributed by atoms with Crippen molar-refractivity contribution in [2.75, 3.05) is 11.9 Å². The first-order valence-corrected chi connectivity index (χ1v) is 7.43. The molecule has 5 nitrogen and oxygen atoms in total. The molecule has 1 aromatic rings. The molecule has 1 aromatic carbocycles. The fraction of sp³-hybridized carbons (Fsp3) is 0.429. The Morgan fingerprint density at radius 2 is 2.10 bits per heavy atom. The lowest BCUT2D eigenvalue weighted by Crippen LogP contribution is -2.31. The molecule has 0 saturated heterocycles. The van der Waals surface area contributed by atoms with Gasteiger partial charge >= 0.3 is 12.0 Å². The van der Waals surface area contributed by atoms with Gasteiger partial charge < -0.3 is 15.7 Å². The third kappa shape index (κ3) is 3.96. The minimum absolute atomic E-state index is 0.122. The number of halogens is 1. The lowest BCUT2D eigenvalue weighted by molar-refractivity contribution is 0.0696. The molecule has 20 heavy (non-hydrogen) atoms. The van der Waals surface area contributed by atoms with Gasteiger partial charge in [-0.25, -0.2) is 9.59 Å². The molecule has 0 atom stereocenters. The van der Waals surface area contributed by atoms with E-state index in [1.807, 2.05) is 0 Å². The number of nitrogens with one attached hydrogen (secondary N) is 2. The maximum absolute atomic E-state index is 11.7. The molecule has 1 aliphatic carbocycles. The van der Waals surface area contributed by atoms with E-state index in [2.05, 4.69) is 26.6 Å². The molecular formula is C14H17BrN2O3. The zero-order chi connectivity index (χ0) is 14.5. The number of hydrogen-bond acceptors (Lipinski definition) is 2. The van der Waals surface area contributed by atoms with Gasteiger partial charge in [0.1, 0.15) is 0 Å². The second-order valence-electron chi connectivity index (χ2n) is 4.97. The van der Waals surface area contributed by atoms with E-state index in [0.717, 1.165) is 12.3 Å². The first kappa shape index (κ1) is 14.8. The molecule has 0 aliphatic heterocycles. The number of carbonyl (C=O) groups excluding carboxylic acids is 1. The van der Waals surface area contributed by atoms with Crippen LogP contribution in [0.4, 0.5) is 10.5 Å². The molecule has 2 amide bonds. The summed E-state index contributed by atoms with van der Waals surface area (Å²) in [7, 11) is 0. The normalized spacial score (nSPS) is 14.4. The van der Waals surface area contributed by atoms with E-state index in [4.69, 9.17) is 5.11 Å². The predicted molar refractivity (Wildman–Crippen MR) is 80.1 cm³/mol. The quantitative estimate of drug-likeness (QED) is 0.767. The van der Waals surface area contributed by atoms with Gasteiger partial charge in [-0.15, -0.1) is 0 Å². The van der Waals surface area contributed by atoms with Gasteiger partial charge in [0.05, 0.1) is 5.56 Å². The molecule has 6 heteroatoms. The van der Waals surface area contributed by atoms with Crippen LogP contribution in [-0.2, 0) is 0 Å². The van der Waals surface area contributed by atoms with Crippen LogP contribution in [0.1, 0.15) is 36.0 Å². The van der Waals surface area contributed by atoms with Crippen molar-refractivity contribution in [3.8, 4) is 0 Å². The van der Waals surface area contributed by atoms with Gasteiger partial charge in [0.15, 0.2) is 0 Å². The van der Waals surface area contributed by atoms with Gasteiger partial charge in [-0.2, -0.15) is 0 Å². The SMILES string of the molecule is O=C(NCCC1CCC1)Nc1ccc(Br)c(C(=O)O)c1. The van der Waals surface area contributed by atoms with E-state index >= 15 is 0 Å². The largest absolute Gasteiger partial charge is 0.478 e. The number of aromatic carboxylic acids is 1. The Kier molecular flexibility index (Phi) is 5.00. The van der Waals surface area contributed by atoms with Crippen molar-refractivity contribution < 1.29 is 14.7 Å². The number of hydrogen-bond donors (Lipinski definition) is 3. The van der Waals surface area contributed by atoms with E-state index < -0.39 is 5.97 Å². The molecule has 0 heterocycles. The molecule has 0 unspecified atom stereocenters. The zero-order valence-electron chi connectivity index (χ0n) is 11.0. The number of rotatable bonds is 5. The van der Waals surface area contributed by atoms with Crippen LogP contribution < -0.4 is 10.6 Å². The van der Waals surface area contributed by atoms with Crippen LogP contribution >= 0.6 is 15.9 Å². The fourth-order valence-corrected chi connectivity index (χ4v) is 2.53. The molecule has 1 fully saturated rings. The van der Waals surface area contributed by atoms with Crippen molar-refractivity contribution in [1.29, 1.82) is 0 Å². The lowest BCUT2D eigenvalue weighted by Gasteiger charge is -2.25. The number of anilines is 1. The standard InChI is InChI=1S/C14H17BrN2O3/c15-12-5-4-10(8-11(12)13(18)19)17-14(20)16-7-6-9-2-1-3-9/h4-5,8-9H,1-3,6-7H2,(H,18,19)(H2,16,17,20). The summed E-state index contributed by atoms with van der Waals surface area (Å²) in [6.45, 7) is 0.652. The van der Waals surface area contributed by atoms with Crippen LogP contribution in [0.2, 0.25) is 0 Å². The van der Waals surface area contributed by atoms with E-state index in [-0.39, 0.29) is 11.6 Å². The number of carbonyl (C=O) groups is 2. The number of carboxylic acids is 1. The van der Waals surface area contributed by atoms with E-state index in [0.29, 0.717) is 16.7 Å². The minimum Gasteiger partial charge on any atom is -0.478 e. The smallest absolute Gasteiger partial charge is 0.336 e. The molecule has 0 aromatic heterocycles. The summed E-state index contributed by atoms with van der Waals surface area (Å²) in [5, 5.41) is 14.4. The van der Waals surface area contributed by atoms with Gasteiger partial charge in [0, 0.05) is 16.7 Å². The molecule has 2 rings (SSSR count). The Morgan fingerprint density at radius 3 is 2.70 bits per heavy atom. The first-order valence-electron chi connectivity index (χ1n) is 6.64. The van der Waals surface area contributed by atoms with Crippen LogP contribution in [0, 0.1) is 5.92 Å². The maximum atomic E-state index is 11.7. The highest BCUT2D eigenvalue weighted by atomic mass is 79.9. The summed E-state index contributed by atoms with van der Waals surface area (Å²) >= 11 is 3.16. The van der Waals surface area contributed by atoms with Crippen molar-refractivity contribution in [3.63, 3.8) is 0 Å². The topological polar surface area (TPSA) is 78.4 Å². The van der Waals surface area contributed by atoms with Gasteiger partial charge in [0.2, 0.25) is 0 Å². The number of carboxylic acid groups (broad SMARTS) is 1. The van der Waals surface area contributed by atoms with Crippen molar-refractivity contribution >= 4 is 33.6 Å². The van der Waals surface area contributed by atoms with Crippen molar-refractivity contribution in [1.82, 2.24) is 5.32 Å². The Morgan fingerprint density at radius 1 is 1.35 bits per heavy atom. The van der Waals surface area contributed by atoms with E-state index in [1.165, 1.54) is 25.3 Å². The first-order chi connectivity index (χ1) is 9.56. The van der Waals surface area contributed by atoms with Gasteiger partial charge in [-0.3, -0.25) is 0 Å². The second-order valence-corrected chi connectivity index (χ2v) is 5.82. The maximum Gasteiger partial charge on any atom is 0.336 e. The summed E-state index contributed by atoms with van der Waals surface area (Å²) in [5.74, 6) is -0.285. The molecule has 0 radical (unpaired) electrons. The van der Waals surface area contributed by atoms with Crippen LogP contribution in [0.15, 0.2) is 22.7 Å². The van der Waals surface area contributed by atoms with Crippen molar-refractivity contribution in [2.24, 2.45) is 5.92 Å². The molecule has 3 N–H and O–H groups in total. The van der Waals surface area contributed by atoms with Gasteiger partial charge in [0.25, 0.3) is 0 Å². The van der Waals surface area contributed by atoms with Crippen LogP contribution in [0.25, 0.3) is 0 Å². The minimum atomic E-state index is -1.04. The van der Waals surface area contributed by atoms with Crippen LogP contribution in [0.5, 0.6) is 0 Å². The molecule has 0 spiro atoms. The monoisotopic (exact) mass is 340 g/mol. The van der Waals surface area contributed by atoms with Crippen LogP contribution in [-0.4, -0.2) is 23.7 Å². The highest BCUT2D eigenvalue weighted by molar-refractivity contribution is 9.10. The molecule has 1 saturated carbocycles. The molecule has 108 valence electrons. The summed E-state index contributed by atoms with van der Waals surface area (Å²) < 4.78 is 0.487. The number of amides is 2. The molecule has 1 aliphatic rings. The van der Waals surface area contributed by atoms with Crippen molar-refractivity contribution in [3.05, 3.63) is 28.2 Å². The Bertz CT molecular complexity index is 515. The lowest BCUT2D eigenvalue weighted by atomic mass is 9.83. The highest BCUT2D eigenvalue weighted by Crippen LogP contribution is 2.28. The third-order valence-electron chi connectivity index (χ3n) is 3.52. The second kappa shape index (κ2) is 6.74. The number of urea groups is 1. The Labute approximate surface area is 125 Å². The summed E-state index contributed by atoms with van der Waals surface area (Å²) in [4.78, 5) is 22.7. The Hall–Kier alpha value is -1.56. The Balaban J connectivity index is 1.83.